The predicted octanol–water partition coefficient (Wildman–Crippen LogP) is 1.79. The average molecular weight is 241 g/mol. The summed E-state index contributed by atoms with van der Waals surface area (Å²) in [7, 11) is 2.24. The summed E-state index contributed by atoms with van der Waals surface area (Å²) in [6.45, 7) is 13.0. The molecule has 1 rings (SSSR count). The number of hydrogen-bond acceptors (Lipinski definition) is 3. The molecule has 0 spiro atoms. The van der Waals surface area contributed by atoms with Gasteiger partial charge in [-0.2, -0.15) is 0 Å². The zero-order chi connectivity index (χ0) is 12.7. The van der Waals surface area contributed by atoms with Crippen LogP contribution in [0.1, 0.15) is 40.0 Å². The van der Waals surface area contributed by atoms with Gasteiger partial charge in [0, 0.05) is 18.6 Å². The molecule has 1 N–H and O–H groups in total. The smallest absolute Gasteiger partial charge is 0.0194 e. The maximum atomic E-state index is 3.49. The zero-order valence-corrected chi connectivity index (χ0v) is 12.2. The average Bonchev–Trinajstić information content (AvgIpc) is 2.39. The first-order valence-electron chi connectivity index (χ1n) is 7.25. The van der Waals surface area contributed by atoms with Gasteiger partial charge in [-0.3, -0.25) is 4.90 Å². The Morgan fingerprint density at radius 2 is 2.00 bits per heavy atom. The van der Waals surface area contributed by atoms with Crippen LogP contribution in [-0.4, -0.2) is 61.7 Å². The second-order valence-electron chi connectivity index (χ2n) is 5.82. The molecular weight excluding hydrogens is 210 g/mol. The third-order valence-corrected chi connectivity index (χ3v) is 3.61. The zero-order valence-electron chi connectivity index (χ0n) is 12.2. The molecule has 1 unspecified atom stereocenters. The molecule has 0 saturated carbocycles. The standard InChI is InChI=1S/C14H31N3/c1-13(2)15-8-5-6-10-17-11-7-9-16(4)12-14(17)3/h13-15H,5-12H2,1-4H3. The fourth-order valence-electron chi connectivity index (χ4n) is 2.58. The van der Waals surface area contributed by atoms with Gasteiger partial charge in [-0.15, -0.1) is 0 Å². The summed E-state index contributed by atoms with van der Waals surface area (Å²) < 4.78 is 0. The van der Waals surface area contributed by atoms with Gasteiger partial charge in [0.2, 0.25) is 0 Å². The molecule has 0 aromatic carbocycles. The largest absolute Gasteiger partial charge is 0.315 e. The minimum atomic E-state index is 0.626. The van der Waals surface area contributed by atoms with Crippen molar-refractivity contribution in [3.63, 3.8) is 0 Å². The molecule has 17 heavy (non-hydrogen) atoms. The second-order valence-corrected chi connectivity index (χ2v) is 5.82. The summed E-state index contributed by atoms with van der Waals surface area (Å²) in [5, 5.41) is 3.49. The van der Waals surface area contributed by atoms with Crippen molar-refractivity contribution in [2.24, 2.45) is 0 Å². The Kier molecular flexibility index (Phi) is 7.09. The van der Waals surface area contributed by atoms with Gasteiger partial charge in [0.25, 0.3) is 0 Å². The lowest BCUT2D eigenvalue weighted by atomic mass is 10.2. The quantitative estimate of drug-likeness (QED) is 0.715. The molecule has 1 atom stereocenters. The second kappa shape index (κ2) is 8.06. The van der Waals surface area contributed by atoms with E-state index in [4.69, 9.17) is 0 Å². The van der Waals surface area contributed by atoms with E-state index in [9.17, 15) is 0 Å². The summed E-state index contributed by atoms with van der Waals surface area (Å²) in [6, 6.07) is 1.35. The van der Waals surface area contributed by atoms with Crippen LogP contribution in [0.4, 0.5) is 0 Å². The van der Waals surface area contributed by atoms with Gasteiger partial charge < -0.3 is 10.2 Å². The normalized spacial score (nSPS) is 24.2. The Balaban J connectivity index is 2.12. The van der Waals surface area contributed by atoms with Crippen LogP contribution in [0.5, 0.6) is 0 Å². The molecule has 0 aliphatic carbocycles. The van der Waals surface area contributed by atoms with E-state index in [0.29, 0.717) is 6.04 Å². The van der Waals surface area contributed by atoms with Gasteiger partial charge in [0.05, 0.1) is 0 Å². The maximum absolute atomic E-state index is 3.49. The highest BCUT2D eigenvalue weighted by molar-refractivity contribution is 4.75. The lowest BCUT2D eigenvalue weighted by molar-refractivity contribution is 0.199. The lowest BCUT2D eigenvalue weighted by Gasteiger charge is -2.27. The predicted molar refractivity (Wildman–Crippen MR) is 75.5 cm³/mol. The molecule has 0 amide bonds. The highest BCUT2D eigenvalue weighted by atomic mass is 15.2. The molecule has 1 saturated heterocycles. The summed E-state index contributed by atoms with van der Waals surface area (Å²) in [4.78, 5) is 5.13. The number of hydrogen-bond donors (Lipinski definition) is 1. The SMILES string of the molecule is CC(C)NCCCCN1CCCN(C)CC1C. The van der Waals surface area contributed by atoms with E-state index in [2.05, 4.69) is 42.9 Å². The first-order valence-corrected chi connectivity index (χ1v) is 7.25. The van der Waals surface area contributed by atoms with Crippen molar-refractivity contribution in [3.05, 3.63) is 0 Å². The molecule has 102 valence electrons. The van der Waals surface area contributed by atoms with Gasteiger partial charge in [0.1, 0.15) is 0 Å². The highest BCUT2D eigenvalue weighted by Crippen LogP contribution is 2.09. The molecule has 0 aromatic rings. The Morgan fingerprint density at radius 3 is 2.71 bits per heavy atom. The molecule has 3 nitrogen and oxygen atoms in total. The van der Waals surface area contributed by atoms with E-state index in [1.54, 1.807) is 0 Å². The highest BCUT2D eigenvalue weighted by Gasteiger charge is 2.18. The van der Waals surface area contributed by atoms with Crippen LogP contribution in [-0.2, 0) is 0 Å². The van der Waals surface area contributed by atoms with E-state index in [1.807, 2.05) is 0 Å². The third-order valence-electron chi connectivity index (χ3n) is 3.61. The van der Waals surface area contributed by atoms with E-state index < -0.39 is 0 Å². The fraction of sp³-hybridized carbons (Fsp3) is 1.00. The molecule has 0 radical (unpaired) electrons. The monoisotopic (exact) mass is 241 g/mol. The summed E-state index contributed by atoms with van der Waals surface area (Å²) in [5.41, 5.74) is 0. The van der Waals surface area contributed by atoms with Crippen LogP contribution in [0.25, 0.3) is 0 Å². The molecule has 0 bridgehead atoms. The number of likely N-dealkylation sites (N-methyl/N-ethyl adjacent to an activating group) is 1. The van der Waals surface area contributed by atoms with Gasteiger partial charge in [-0.05, 0) is 59.4 Å². The maximum Gasteiger partial charge on any atom is 0.0194 e. The number of rotatable bonds is 6. The molecule has 1 fully saturated rings. The molecule has 3 heteroatoms. The van der Waals surface area contributed by atoms with Crippen molar-refractivity contribution in [2.75, 3.05) is 39.8 Å². The van der Waals surface area contributed by atoms with Gasteiger partial charge in [0.15, 0.2) is 0 Å². The van der Waals surface area contributed by atoms with E-state index in [1.165, 1.54) is 52.0 Å². The van der Waals surface area contributed by atoms with Crippen LogP contribution >= 0.6 is 0 Å². The van der Waals surface area contributed by atoms with Crippen LogP contribution in [0.3, 0.4) is 0 Å². The van der Waals surface area contributed by atoms with Gasteiger partial charge in [-0.25, -0.2) is 0 Å². The van der Waals surface area contributed by atoms with Crippen LogP contribution in [0.15, 0.2) is 0 Å². The molecule has 1 heterocycles. The van der Waals surface area contributed by atoms with Crippen molar-refractivity contribution in [1.82, 2.24) is 15.1 Å². The van der Waals surface area contributed by atoms with E-state index in [0.717, 1.165) is 6.04 Å². The van der Waals surface area contributed by atoms with Crippen molar-refractivity contribution in [1.29, 1.82) is 0 Å². The van der Waals surface area contributed by atoms with E-state index >= 15 is 0 Å². The van der Waals surface area contributed by atoms with Crippen molar-refractivity contribution < 1.29 is 0 Å². The number of nitrogens with zero attached hydrogens (tertiary/aromatic N) is 2. The molecule has 1 aliphatic heterocycles. The van der Waals surface area contributed by atoms with Crippen LogP contribution in [0.2, 0.25) is 0 Å². The van der Waals surface area contributed by atoms with Gasteiger partial charge >= 0.3 is 0 Å². The Labute approximate surface area is 108 Å². The van der Waals surface area contributed by atoms with Crippen molar-refractivity contribution in [3.8, 4) is 0 Å². The minimum absolute atomic E-state index is 0.626. The molecular formula is C14H31N3. The van der Waals surface area contributed by atoms with E-state index in [-0.39, 0.29) is 0 Å². The molecule has 1 aliphatic rings. The fourth-order valence-corrected chi connectivity index (χ4v) is 2.58. The first-order chi connectivity index (χ1) is 8.09. The summed E-state index contributed by atoms with van der Waals surface area (Å²) in [6.07, 6.45) is 3.95. The first kappa shape index (κ1) is 14.9. The minimum Gasteiger partial charge on any atom is -0.315 e. The van der Waals surface area contributed by atoms with Crippen molar-refractivity contribution in [2.45, 2.75) is 52.1 Å². The Hall–Kier alpha value is -0.120. The number of unbranched alkanes of at least 4 members (excludes halogenated alkanes) is 1. The van der Waals surface area contributed by atoms with Gasteiger partial charge in [-0.1, -0.05) is 13.8 Å². The Bertz CT molecular complexity index is 194. The number of nitrogens with one attached hydrogen (secondary N) is 1. The summed E-state index contributed by atoms with van der Waals surface area (Å²) in [5.74, 6) is 0. The third kappa shape index (κ3) is 6.39. The van der Waals surface area contributed by atoms with Crippen molar-refractivity contribution >= 4 is 0 Å². The topological polar surface area (TPSA) is 18.5 Å². The lowest BCUT2D eigenvalue weighted by Crippen LogP contribution is -2.38. The summed E-state index contributed by atoms with van der Waals surface area (Å²) >= 11 is 0. The van der Waals surface area contributed by atoms with Crippen LogP contribution < -0.4 is 5.32 Å². The Morgan fingerprint density at radius 1 is 1.24 bits per heavy atom. The molecule has 0 aromatic heterocycles. The van der Waals surface area contributed by atoms with Crippen LogP contribution in [0, 0.1) is 0 Å².